The highest BCUT2D eigenvalue weighted by molar-refractivity contribution is 6.33. The highest BCUT2D eigenvalue weighted by atomic mass is 35.5. The summed E-state index contributed by atoms with van der Waals surface area (Å²) in [6.07, 6.45) is 2.55. The smallest absolute Gasteiger partial charge is 0.340 e. The Morgan fingerprint density at radius 3 is 2.82 bits per heavy atom. The van der Waals surface area contributed by atoms with Gasteiger partial charge < -0.3 is 10.1 Å². The zero-order valence-electron chi connectivity index (χ0n) is 9.46. The zero-order chi connectivity index (χ0) is 11.9. The number of fused-ring (bicyclic) bond motifs is 1. The third kappa shape index (κ3) is 1.83. The predicted molar refractivity (Wildman–Crippen MR) is 65.4 cm³/mol. The third-order valence-electron chi connectivity index (χ3n) is 3.64. The molecule has 17 heavy (non-hydrogen) atoms. The average molecular weight is 252 g/mol. The number of hydrogen-bond acceptors (Lipinski definition) is 3. The van der Waals surface area contributed by atoms with E-state index in [0.717, 1.165) is 37.9 Å². The summed E-state index contributed by atoms with van der Waals surface area (Å²) in [5.41, 5.74) is 1.27. The van der Waals surface area contributed by atoms with Gasteiger partial charge in [0.2, 0.25) is 0 Å². The Balaban J connectivity index is 2.00. The normalized spacial score (nSPS) is 22.1. The highest BCUT2D eigenvalue weighted by Gasteiger charge is 2.41. The molecular formula is C13H14ClNO2. The molecule has 1 saturated heterocycles. The molecule has 2 aliphatic heterocycles. The van der Waals surface area contributed by atoms with E-state index in [0.29, 0.717) is 10.6 Å². The summed E-state index contributed by atoms with van der Waals surface area (Å²) in [4.78, 5) is 12.1. The maximum absolute atomic E-state index is 12.1. The Morgan fingerprint density at radius 1 is 1.29 bits per heavy atom. The van der Waals surface area contributed by atoms with Crippen LogP contribution in [0.25, 0.3) is 0 Å². The molecule has 0 unspecified atom stereocenters. The van der Waals surface area contributed by atoms with E-state index >= 15 is 0 Å². The molecule has 1 N–H and O–H groups in total. The fourth-order valence-electron chi connectivity index (χ4n) is 2.74. The average Bonchev–Trinajstić information content (AvgIpc) is 2.29. The number of carbonyl (C=O) groups is 1. The molecule has 0 amide bonds. The first kappa shape index (κ1) is 11.1. The lowest BCUT2D eigenvalue weighted by Gasteiger charge is -2.40. The van der Waals surface area contributed by atoms with Gasteiger partial charge in [0.15, 0.2) is 0 Å². The Bertz CT molecular complexity index is 466. The van der Waals surface area contributed by atoms with E-state index in [2.05, 4.69) is 5.32 Å². The molecule has 1 fully saturated rings. The lowest BCUT2D eigenvalue weighted by molar-refractivity contribution is -0.0397. The van der Waals surface area contributed by atoms with Crippen LogP contribution in [0.4, 0.5) is 0 Å². The van der Waals surface area contributed by atoms with E-state index in [1.165, 1.54) is 0 Å². The molecule has 0 atom stereocenters. The van der Waals surface area contributed by atoms with E-state index in [1.54, 1.807) is 6.07 Å². The molecule has 1 aromatic rings. The van der Waals surface area contributed by atoms with Crippen molar-refractivity contribution in [3.8, 4) is 0 Å². The van der Waals surface area contributed by atoms with Gasteiger partial charge in [-0.05, 0) is 24.7 Å². The molecule has 3 nitrogen and oxygen atoms in total. The van der Waals surface area contributed by atoms with Crippen molar-refractivity contribution in [2.24, 2.45) is 0 Å². The fraction of sp³-hybridized carbons (Fsp3) is 0.462. The van der Waals surface area contributed by atoms with Crippen molar-refractivity contribution >= 4 is 17.6 Å². The van der Waals surface area contributed by atoms with Crippen molar-refractivity contribution in [2.45, 2.75) is 24.9 Å². The molecule has 3 rings (SSSR count). The molecule has 1 spiro atoms. The molecule has 1 aromatic carbocycles. The second kappa shape index (κ2) is 4.00. The van der Waals surface area contributed by atoms with Crippen LogP contribution in [-0.2, 0) is 11.2 Å². The Kier molecular flexibility index (Phi) is 2.60. The third-order valence-corrected chi connectivity index (χ3v) is 3.96. The van der Waals surface area contributed by atoms with Crippen LogP contribution < -0.4 is 5.32 Å². The molecule has 0 bridgehead atoms. The number of esters is 1. The highest BCUT2D eigenvalue weighted by Crippen LogP contribution is 2.36. The van der Waals surface area contributed by atoms with Gasteiger partial charge >= 0.3 is 5.97 Å². The molecule has 0 saturated carbocycles. The van der Waals surface area contributed by atoms with Gasteiger partial charge in [0.05, 0.1) is 10.6 Å². The van der Waals surface area contributed by atoms with Gasteiger partial charge in [-0.3, -0.25) is 0 Å². The van der Waals surface area contributed by atoms with E-state index in [-0.39, 0.29) is 11.6 Å². The number of hydrogen-bond donors (Lipinski definition) is 1. The van der Waals surface area contributed by atoms with Crippen molar-refractivity contribution in [1.29, 1.82) is 0 Å². The summed E-state index contributed by atoms with van der Waals surface area (Å²) in [5, 5.41) is 3.79. The summed E-state index contributed by atoms with van der Waals surface area (Å²) < 4.78 is 5.66. The second-order valence-corrected chi connectivity index (χ2v) is 5.18. The zero-order valence-corrected chi connectivity index (χ0v) is 10.2. The molecule has 2 heterocycles. The first-order valence-corrected chi connectivity index (χ1v) is 6.29. The van der Waals surface area contributed by atoms with Crippen molar-refractivity contribution < 1.29 is 9.53 Å². The van der Waals surface area contributed by atoms with Gasteiger partial charge in [0.25, 0.3) is 0 Å². The van der Waals surface area contributed by atoms with E-state index < -0.39 is 0 Å². The van der Waals surface area contributed by atoms with Crippen LogP contribution in [0.2, 0.25) is 5.02 Å². The van der Waals surface area contributed by atoms with Gasteiger partial charge in [0, 0.05) is 19.3 Å². The predicted octanol–water partition coefficient (Wildman–Crippen LogP) is 2.18. The number of carbonyl (C=O) groups excluding carboxylic acids is 1. The maximum atomic E-state index is 12.1. The Morgan fingerprint density at radius 2 is 2.06 bits per heavy atom. The fourth-order valence-corrected chi connectivity index (χ4v) is 3.01. The van der Waals surface area contributed by atoms with Crippen molar-refractivity contribution in [2.75, 3.05) is 13.1 Å². The van der Waals surface area contributed by atoms with E-state index in [4.69, 9.17) is 16.3 Å². The summed E-state index contributed by atoms with van der Waals surface area (Å²) in [6, 6.07) is 5.61. The van der Waals surface area contributed by atoms with Crippen molar-refractivity contribution in [3.05, 3.63) is 34.3 Å². The molecule has 0 aromatic heterocycles. The van der Waals surface area contributed by atoms with Crippen LogP contribution in [0, 0.1) is 0 Å². The monoisotopic (exact) mass is 251 g/mol. The number of piperidine rings is 1. The first-order valence-electron chi connectivity index (χ1n) is 5.92. The van der Waals surface area contributed by atoms with E-state index in [9.17, 15) is 4.79 Å². The number of rotatable bonds is 0. The molecule has 0 aliphatic carbocycles. The summed E-state index contributed by atoms with van der Waals surface area (Å²) >= 11 is 6.05. The van der Waals surface area contributed by atoms with Crippen LogP contribution in [-0.4, -0.2) is 24.7 Å². The quantitative estimate of drug-likeness (QED) is 0.719. The van der Waals surface area contributed by atoms with Gasteiger partial charge in [0.1, 0.15) is 5.60 Å². The largest absolute Gasteiger partial charge is 0.455 e. The lowest BCUT2D eigenvalue weighted by atomic mass is 9.82. The molecule has 2 aliphatic rings. The van der Waals surface area contributed by atoms with Crippen LogP contribution in [0.1, 0.15) is 28.8 Å². The molecule has 0 radical (unpaired) electrons. The van der Waals surface area contributed by atoms with Gasteiger partial charge in [-0.1, -0.05) is 23.7 Å². The minimum atomic E-state index is -0.306. The van der Waals surface area contributed by atoms with Gasteiger partial charge in [-0.2, -0.15) is 0 Å². The maximum Gasteiger partial charge on any atom is 0.340 e. The lowest BCUT2D eigenvalue weighted by Crippen LogP contribution is -2.49. The summed E-state index contributed by atoms with van der Waals surface area (Å²) in [7, 11) is 0. The number of ether oxygens (including phenoxy) is 1. The number of halogens is 1. The molecular weight excluding hydrogens is 238 g/mol. The minimum Gasteiger partial charge on any atom is -0.455 e. The van der Waals surface area contributed by atoms with Crippen LogP contribution in [0.5, 0.6) is 0 Å². The van der Waals surface area contributed by atoms with E-state index in [1.807, 2.05) is 12.1 Å². The van der Waals surface area contributed by atoms with Crippen molar-refractivity contribution in [1.82, 2.24) is 5.32 Å². The summed E-state index contributed by atoms with van der Waals surface area (Å²) in [6.45, 7) is 1.81. The Labute approximate surface area is 105 Å². The van der Waals surface area contributed by atoms with Crippen LogP contribution in [0.15, 0.2) is 18.2 Å². The summed E-state index contributed by atoms with van der Waals surface area (Å²) in [5.74, 6) is -0.265. The SMILES string of the molecule is O=C1OC2(CCNCC2)Cc2cccc(Cl)c21. The number of nitrogens with one attached hydrogen (secondary N) is 1. The molecule has 4 heteroatoms. The number of benzene rings is 1. The second-order valence-electron chi connectivity index (χ2n) is 4.77. The van der Waals surface area contributed by atoms with Gasteiger partial charge in [-0.15, -0.1) is 0 Å². The Hall–Kier alpha value is -1.06. The van der Waals surface area contributed by atoms with Crippen LogP contribution >= 0.6 is 11.6 Å². The van der Waals surface area contributed by atoms with Crippen LogP contribution in [0.3, 0.4) is 0 Å². The topological polar surface area (TPSA) is 38.3 Å². The standard InChI is InChI=1S/C13H14ClNO2/c14-10-3-1-2-9-8-13(4-6-15-7-5-13)17-12(16)11(9)10/h1-3,15H,4-8H2. The van der Waals surface area contributed by atoms with Gasteiger partial charge in [-0.25, -0.2) is 4.79 Å². The molecule has 90 valence electrons. The van der Waals surface area contributed by atoms with Crippen molar-refractivity contribution in [3.63, 3.8) is 0 Å². The minimum absolute atomic E-state index is 0.265. The first-order chi connectivity index (χ1) is 8.20.